The first kappa shape index (κ1) is 16.2. The van der Waals surface area contributed by atoms with Gasteiger partial charge in [0, 0.05) is 6.54 Å². The van der Waals surface area contributed by atoms with Crippen molar-refractivity contribution in [3.8, 4) is 0 Å². The van der Waals surface area contributed by atoms with Crippen molar-refractivity contribution in [2.45, 2.75) is 45.8 Å². The average molecular weight is 327 g/mol. The van der Waals surface area contributed by atoms with Gasteiger partial charge in [-0.3, -0.25) is 9.69 Å². The number of carbonyl (C=O) groups is 2. The van der Waals surface area contributed by atoms with E-state index in [2.05, 4.69) is 15.4 Å². The lowest BCUT2D eigenvalue weighted by Crippen LogP contribution is -2.41. The first-order valence-corrected chi connectivity index (χ1v) is 8.04. The van der Waals surface area contributed by atoms with Crippen LogP contribution in [-0.4, -0.2) is 31.6 Å². The number of urea groups is 1. The molecule has 7 nitrogen and oxygen atoms in total. The van der Waals surface area contributed by atoms with E-state index in [1.165, 1.54) is 11.2 Å². The topological polar surface area (TPSA) is 80.1 Å². The maximum atomic E-state index is 13.0. The van der Waals surface area contributed by atoms with Gasteiger partial charge in [-0.05, 0) is 31.4 Å². The molecular formula is C17H21N5O2. The molecule has 1 fully saturated rings. The lowest BCUT2D eigenvalue weighted by molar-refractivity contribution is -0.131. The summed E-state index contributed by atoms with van der Waals surface area (Å²) in [6.07, 6.45) is 2.35. The highest BCUT2D eigenvalue weighted by molar-refractivity contribution is 6.07. The fraction of sp³-hybridized carbons (Fsp3) is 0.412. The quantitative estimate of drug-likeness (QED) is 0.851. The van der Waals surface area contributed by atoms with Crippen LogP contribution in [-0.2, 0) is 23.4 Å². The zero-order chi connectivity index (χ0) is 17.3. The number of aromatic nitrogens is 3. The molecule has 0 radical (unpaired) electrons. The normalized spacial score (nSPS) is 20.5. The van der Waals surface area contributed by atoms with Crippen LogP contribution in [0.3, 0.4) is 0 Å². The van der Waals surface area contributed by atoms with E-state index >= 15 is 0 Å². The molecule has 3 rings (SSSR count). The number of benzene rings is 1. The average Bonchev–Trinajstić information content (AvgIpc) is 3.07. The molecule has 2 aromatic rings. The minimum atomic E-state index is -1.06. The molecule has 7 heteroatoms. The monoisotopic (exact) mass is 327 g/mol. The molecule has 0 spiro atoms. The third kappa shape index (κ3) is 2.55. The van der Waals surface area contributed by atoms with E-state index < -0.39 is 11.6 Å². The number of nitrogens with one attached hydrogen (secondary N) is 1. The number of aryl methyl sites for hydroxylation is 2. The number of rotatable bonds is 5. The van der Waals surface area contributed by atoms with E-state index in [-0.39, 0.29) is 12.5 Å². The Morgan fingerprint density at radius 1 is 1.25 bits per heavy atom. The first-order valence-electron chi connectivity index (χ1n) is 8.04. The SMILES string of the molecule is CCCn1ncnc1CN1C(=O)NC(C)(c2ccccc2C)C1=O. The Morgan fingerprint density at radius 3 is 2.71 bits per heavy atom. The number of amides is 3. The van der Waals surface area contributed by atoms with E-state index in [9.17, 15) is 9.59 Å². The van der Waals surface area contributed by atoms with Crippen molar-refractivity contribution in [3.63, 3.8) is 0 Å². The van der Waals surface area contributed by atoms with Crippen molar-refractivity contribution in [1.82, 2.24) is 25.0 Å². The highest BCUT2D eigenvalue weighted by Gasteiger charge is 2.49. The van der Waals surface area contributed by atoms with Gasteiger partial charge < -0.3 is 5.32 Å². The van der Waals surface area contributed by atoms with E-state index in [0.29, 0.717) is 12.4 Å². The van der Waals surface area contributed by atoms with Crippen LogP contribution in [0.5, 0.6) is 0 Å². The van der Waals surface area contributed by atoms with Gasteiger partial charge in [0.05, 0.1) is 6.54 Å². The van der Waals surface area contributed by atoms with Gasteiger partial charge in [-0.1, -0.05) is 31.2 Å². The van der Waals surface area contributed by atoms with Gasteiger partial charge in [0.2, 0.25) is 0 Å². The maximum absolute atomic E-state index is 13.0. The molecule has 1 aromatic carbocycles. The predicted octanol–water partition coefficient (Wildman–Crippen LogP) is 1.96. The van der Waals surface area contributed by atoms with Crippen molar-refractivity contribution in [1.29, 1.82) is 0 Å². The smallest absolute Gasteiger partial charge is 0.319 e. The molecule has 126 valence electrons. The molecule has 2 heterocycles. The highest BCUT2D eigenvalue weighted by Crippen LogP contribution is 2.31. The van der Waals surface area contributed by atoms with Crippen LogP contribution in [0.1, 0.15) is 37.2 Å². The maximum Gasteiger partial charge on any atom is 0.325 e. The fourth-order valence-corrected chi connectivity index (χ4v) is 3.11. The lowest BCUT2D eigenvalue weighted by atomic mass is 9.88. The van der Waals surface area contributed by atoms with Crippen molar-refractivity contribution in [2.24, 2.45) is 0 Å². The Balaban J connectivity index is 1.89. The predicted molar refractivity (Wildman–Crippen MR) is 87.9 cm³/mol. The molecule has 1 atom stereocenters. The van der Waals surface area contributed by atoms with Crippen molar-refractivity contribution in [3.05, 3.63) is 47.5 Å². The van der Waals surface area contributed by atoms with E-state index in [0.717, 1.165) is 17.5 Å². The van der Waals surface area contributed by atoms with Gasteiger partial charge in [-0.2, -0.15) is 5.10 Å². The van der Waals surface area contributed by atoms with E-state index in [1.54, 1.807) is 11.6 Å². The summed E-state index contributed by atoms with van der Waals surface area (Å²) in [5.74, 6) is 0.335. The Kier molecular flexibility index (Phi) is 4.09. The molecular weight excluding hydrogens is 306 g/mol. The number of imide groups is 1. The fourth-order valence-electron chi connectivity index (χ4n) is 3.11. The molecule has 1 aliphatic rings. The minimum absolute atomic E-state index is 0.117. The highest BCUT2D eigenvalue weighted by atomic mass is 16.2. The van der Waals surface area contributed by atoms with Crippen LogP contribution in [0.2, 0.25) is 0 Å². The van der Waals surface area contributed by atoms with Crippen molar-refractivity contribution in [2.75, 3.05) is 0 Å². The Labute approximate surface area is 140 Å². The van der Waals surface area contributed by atoms with Crippen molar-refractivity contribution >= 4 is 11.9 Å². The Hall–Kier alpha value is -2.70. The first-order chi connectivity index (χ1) is 11.5. The lowest BCUT2D eigenvalue weighted by Gasteiger charge is -2.24. The summed E-state index contributed by atoms with van der Waals surface area (Å²) in [4.78, 5) is 30.8. The van der Waals surface area contributed by atoms with Crippen LogP contribution in [0, 0.1) is 6.92 Å². The van der Waals surface area contributed by atoms with Crippen LogP contribution in [0.4, 0.5) is 4.79 Å². The van der Waals surface area contributed by atoms with Gasteiger partial charge in [-0.15, -0.1) is 0 Å². The largest absolute Gasteiger partial charge is 0.325 e. The molecule has 1 aliphatic heterocycles. The summed E-state index contributed by atoms with van der Waals surface area (Å²) in [6.45, 7) is 6.53. The van der Waals surface area contributed by atoms with Crippen LogP contribution in [0.25, 0.3) is 0 Å². The van der Waals surface area contributed by atoms with Gasteiger partial charge in [0.1, 0.15) is 17.7 Å². The van der Waals surface area contributed by atoms with Gasteiger partial charge in [0.15, 0.2) is 0 Å². The van der Waals surface area contributed by atoms with Crippen LogP contribution in [0.15, 0.2) is 30.6 Å². The van der Waals surface area contributed by atoms with Gasteiger partial charge >= 0.3 is 6.03 Å². The molecule has 0 aliphatic carbocycles. The third-order valence-corrected chi connectivity index (χ3v) is 4.39. The summed E-state index contributed by atoms with van der Waals surface area (Å²) in [5, 5.41) is 6.97. The van der Waals surface area contributed by atoms with Gasteiger partial charge in [0.25, 0.3) is 5.91 Å². The molecule has 0 bridgehead atoms. The number of hydrogen-bond acceptors (Lipinski definition) is 4. The Bertz CT molecular complexity index is 785. The molecule has 1 aromatic heterocycles. The zero-order valence-corrected chi connectivity index (χ0v) is 14.1. The van der Waals surface area contributed by atoms with Gasteiger partial charge in [-0.25, -0.2) is 14.5 Å². The summed E-state index contributed by atoms with van der Waals surface area (Å²) >= 11 is 0. The third-order valence-electron chi connectivity index (χ3n) is 4.39. The second-order valence-electron chi connectivity index (χ2n) is 6.16. The minimum Gasteiger partial charge on any atom is -0.319 e. The molecule has 3 amide bonds. The van der Waals surface area contributed by atoms with Crippen LogP contribution >= 0.6 is 0 Å². The Morgan fingerprint density at radius 2 is 2.00 bits per heavy atom. The van der Waals surface area contributed by atoms with Crippen molar-refractivity contribution < 1.29 is 9.59 Å². The number of hydrogen-bond donors (Lipinski definition) is 1. The van der Waals surface area contributed by atoms with E-state index in [1.807, 2.05) is 38.1 Å². The zero-order valence-electron chi connectivity index (χ0n) is 14.1. The standard InChI is InChI=1S/C17H21N5O2/c1-4-9-22-14(18-11-19-22)10-21-15(23)17(3,20-16(21)24)13-8-6-5-7-12(13)2/h5-8,11H,4,9-10H2,1-3H3,(H,20,24). The second-order valence-corrected chi connectivity index (χ2v) is 6.16. The summed E-state index contributed by atoms with van der Waals surface area (Å²) in [7, 11) is 0. The van der Waals surface area contributed by atoms with Crippen LogP contribution < -0.4 is 5.32 Å². The molecule has 1 N–H and O–H groups in total. The summed E-state index contributed by atoms with van der Waals surface area (Å²) in [6, 6.07) is 7.18. The second kappa shape index (κ2) is 6.07. The summed E-state index contributed by atoms with van der Waals surface area (Å²) in [5.41, 5.74) is 0.711. The molecule has 1 saturated heterocycles. The number of nitrogens with zero attached hydrogens (tertiary/aromatic N) is 4. The molecule has 24 heavy (non-hydrogen) atoms. The summed E-state index contributed by atoms with van der Waals surface area (Å²) < 4.78 is 1.73. The molecule has 1 unspecified atom stereocenters. The number of carbonyl (C=O) groups excluding carboxylic acids is 2. The molecule has 0 saturated carbocycles. The van der Waals surface area contributed by atoms with E-state index in [4.69, 9.17) is 0 Å².